The van der Waals surface area contributed by atoms with Crippen LogP contribution in [0, 0.1) is 12.7 Å². The molecule has 186 valence electrons. The molecule has 0 saturated heterocycles. The molecule has 1 aliphatic rings. The largest absolute Gasteiger partial charge is 0.491 e. The highest BCUT2D eigenvalue weighted by Crippen LogP contribution is 2.39. The van der Waals surface area contributed by atoms with Gasteiger partial charge >= 0.3 is 0 Å². The number of aryl methyl sites for hydroxylation is 1. The van der Waals surface area contributed by atoms with Gasteiger partial charge in [-0.15, -0.1) is 10.2 Å². The Kier molecular flexibility index (Phi) is 6.47. The molecule has 0 radical (unpaired) electrons. The zero-order valence-electron chi connectivity index (χ0n) is 19.9. The molecular weight excluding hydrogens is 465 g/mol. The fourth-order valence-corrected chi connectivity index (χ4v) is 3.94. The molecule has 3 N–H and O–H groups in total. The third kappa shape index (κ3) is 4.96. The van der Waals surface area contributed by atoms with Gasteiger partial charge < -0.3 is 19.7 Å². The van der Waals surface area contributed by atoms with Crippen molar-refractivity contribution in [2.24, 2.45) is 0 Å². The second-order valence-electron chi connectivity index (χ2n) is 8.96. The van der Waals surface area contributed by atoms with E-state index < -0.39 is 17.8 Å². The Morgan fingerprint density at radius 1 is 1.36 bits per heavy atom. The van der Waals surface area contributed by atoms with Gasteiger partial charge in [-0.3, -0.25) is 4.79 Å². The normalized spacial score (nSPS) is 14.0. The average Bonchev–Trinajstić information content (AvgIpc) is 3.33. The Balaban J connectivity index is 1.46. The monoisotopic (exact) mass is 491 g/mol. The maximum atomic E-state index is 15.0. The van der Waals surface area contributed by atoms with Crippen molar-refractivity contribution < 1.29 is 19.0 Å². The first kappa shape index (κ1) is 23.6. The van der Waals surface area contributed by atoms with Crippen molar-refractivity contribution >= 4 is 11.6 Å². The van der Waals surface area contributed by atoms with Crippen LogP contribution < -0.4 is 10.1 Å². The number of H-pyrrole nitrogens is 1. The van der Waals surface area contributed by atoms with Crippen LogP contribution in [0.3, 0.4) is 0 Å². The van der Waals surface area contributed by atoms with Crippen molar-refractivity contribution in [3.63, 3.8) is 0 Å². The zero-order valence-corrected chi connectivity index (χ0v) is 19.9. The van der Waals surface area contributed by atoms with Gasteiger partial charge in [0.25, 0.3) is 5.91 Å². The molecule has 11 heteroatoms. The number of para-hydroxylation sites is 1. The SMILES string of the molecule is Cc1cc(F)c(C(=O)Nc2cccc(-c3nn[nH]n3)c2OCC[C@H](C)O)cc1-n1cnc(C2CC2)c1. The van der Waals surface area contributed by atoms with E-state index in [2.05, 4.69) is 30.9 Å². The predicted molar refractivity (Wildman–Crippen MR) is 130 cm³/mol. The number of nitrogens with zero attached hydrogens (tertiary/aromatic N) is 5. The van der Waals surface area contributed by atoms with Gasteiger partial charge in [0, 0.05) is 18.5 Å². The summed E-state index contributed by atoms with van der Waals surface area (Å²) < 4.78 is 22.7. The molecule has 36 heavy (non-hydrogen) atoms. The molecule has 2 heterocycles. The van der Waals surface area contributed by atoms with Crippen molar-refractivity contribution in [2.75, 3.05) is 11.9 Å². The number of hydrogen-bond acceptors (Lipinski definition) is 7. The Bertz CT molecular complexity index is 1380. The van der Waals surface area contributed by atoms with Crippen molar-refractivity contribution in [1.82, 2.24) is 30.2 Å². The molecule has 0 spiro atoms. The summed E-state index contributed by atoms with van der Waals surface area (Å²) in [6, 6.07) is 7.93. The van der Waals surface area contributed by atoms with Gasteiger partial charge in [-0.05, 0) is 61.7 Å². The quantitative estimate of drug-likeness (QED) is 0.325. The molecule has 2 aromatic heterocycles. The second kappa shape index (κ2) is 9.86. The van der Waals surface area contributed by atoms with Crippen LogP contribution in [0.5, 0.6) is 5.75 Å². The van der Waals surface area contributed by atoms with Crippen molar-refractivity contribution in [3.8, 4) is 22.8 Å². The lowest BCUT2D eigenvalue weighted by molar-refractivity contribution is 0.102. The number of hydrogen-bond donors (Lipinski definition) is 3. The van der Waals surface area contributed by atoms with Gasteiger partial charge in [-0.1, -0.05) is 6.07 Å². The maximum absolute atomic E-state index is 15.0. The molecule has 0 unspecified atom stereocenters. The molecule has 4 aromatic rings. The number of aliphatic hydroxyl groups is 1. The Morgan fingerprint density at radius 3 is 2.92 bits per heavy atom. The standard InChI is InChI=1S/C25H26FN7O3/c1-14-10-19(26)18(11-22(14)33-12-21(27-13-33)16-6-7-16)25(35)28-20-5-3-4-17(24-29-31-32-30-24)23(20)36-9-8-15(2)34/h3-5,10-13,15-16,34H,6-9H2,1-2H3,(H,28,35)(H,29,30,31,32)/t15-/m0/s1. The van der Waals surface area contributed by atoms with E-state index in [1.807, 2.05) is 10.8 Å². The molecule has 1 fully saturated rings. The van der Waals surface area contributed by atoms with E-state index >= 15 is 0 Å². The van der Waals surface area contributed by atoms with Crippen LogP contribution in [0.2, 0.25) is 0 Å². The van der Waals surface area contributed by atoms with Crippen LogP contribution in [-0.2, 0) is 0 Å². The van der Waals surface area contributed by atoms with Crippen molar-refractivity contribution in [1.29, 1.82) is 0 Å². The van der Waals surface area contributed by atoms with Crippen molar-refractivity contribution in [2.45, 2.75) is 45.1 Å². The van der Waals surface area contributed by atoms with E-state index in [0.717, 1.165) is 18.5 Å². The van der Waals surface area contributed by atoms with Crippen LogP contribution in [0.4, 0.5) is 10.1 Å². The highest BCUT2D eigenvalue weighted by atomic mass is 19.1. The summed E-state index contributed by atoms with van der Waals surface area (Å²) in [7, 11) is 0. The molecule has 1 saturated carbocycles. The van der Waals surface area contributed by atoms with Crippen molar-refractivity contribution in [3.05, 3.63) is 65.5 Å². The lowest BCUT2D eigenvalue weighted by atomic mass is 10.1. The number of rotatable bonds is 9. The minimum atomic E-state index is -0.637. The molecule has 2 aromatic carbocycles. The summed E-state index contributed by atoms with van der Waals surface area (Å²) >= 11 is 0. The van der Waals surface area contributed by atoms with E-state index in [4.69, 9.17) is 4.74 Å². The molecule has 1 aliphatic carbocycles. The van der Waals surface area contributed by atoms with Gasteiger partial charge in [0.15, 0.2) is 5.75 Å². The second-order valence-corrected chi connectivity index (χ2v) is 8.96. The number of aliphatic hydroxyl groups excluding tert-OH is 1. The van der Waals surface area contributed by atoms with Crippen LogP contribution in [0.25, 0.3) is 17.1 Å². The molecular formula is C25H26FN7O3. The minimum absolute atomic E-state index is 0.114. The smallest absolute Gasteiger partial charge is 0.258 e. The maximum Gasteiger partial charge on any atom is 0.258 e. The Hall–Kier alpha value is -4.12. The molecule has 0 aliphatic heterocycles. The van der Waals surface area contributed by atoms with E-state index in [-0.39, 0.29) is 18.0 Å². The van der Waals surface area contributed by atoms with Crippen LogP contribution in [-0.4, -0.2) is 53.9 Å². The summed E-state index contributed by atoms with van der Waals surface area (Å²) in [4.78, 5) is 17.7. The van der Waals surface area contributed by atoms with E-state index in [1.165, 1.54) is 12.1 Å². The van der Waals surface area contributed by atoms with Gasteiger partial charge in [0.05, 0.1) is 47.2 Å². The third-order valence-corrected chi connectivity index (χ3v) is 6.04. The number of tetrazole rings is 1. The number of ether oxygens (including phenoxy) is 1. The number of amides is 1. The molecule has 10 nitrogen and oxygen atoms in total. The lowest BCUT2D eigenvalue weighted by Gasteiger charge is -2.16. The van der Waals surface area contributed by atoms with E-state index in [9.17, 15) is 14.3 Å². The fraction of sp³-hybridized carbons (Fsp3) is 0.320. The van der Waals surface area contributed by atoms with Gasteiger partial charge in [0.2, 0.25) is 5.82 Å². The molecule has 0 bridgehead atoms. The number of carbonyl (C=O) groups is 1. The number of anilines is 1. The van der Waals surface area contributed by atoms with E-state index in [1.54, 1.807) is 38.4 Å². The summed E-state index contributed by atoms with van der Waals surface area (Å²) in [5.74, 6) is -0.226. The topological polar surface area (TPSA) is 131 Å². The first-order valence-corrected chi connectivity index (χ1v) is 11.7. The number of benzene rings is 2. The molecule has 1 amide bonds. The number of aromatic nitrogens is 6. The summed E-state index contributed by atoms with van der Waals surface area (Å²) in [5, 5.41) is 26.4. The average molecular weight is 492 g/mol. The van der Waals surface area contributed by atoms with Gasteiger partial charge in [-0.25, -0.2) is 9.37 Å². The van der Waals surface area contributed by atoms with Gasteiger partial charge in [-0.2, -0.15) is 5.21 Å². The van der Waals surface area contributed by atoms with E-state index in [0.29, 0.717) is 40.6 Å². The Labute approximate surface area is 206 Å². The van der Waals surface area contributed by atoms with Crippen LogP contribution in [0.1, 0.15) is 53.7 Å². The highest BCUT2D eigenvalue weighted by Gasteiger charge is 2.26. The Morgan fingerprint density at radius 2 is 2.19 bits per heavy atom. The predicted octanol–water partition coefficient (Wildman–Crippen LogP) is 3.78. The lowest BCUT2D eigenvalue weighted by Crippen LogP contribution is -2.16. The highest BCUT2D eigenvalue weighted by molar-refractivity contribution is 6.06. The van der Waals surface area contributed by atoms with Crippen LogP contribution in [0.15, 0.2) is 42.9 Å². The number of halogens is 1. The number of aromatic amines is 1. The summed E-state index contributed by atoms with van der Waals surface area (Å²) in [6.45, 7) is 3.63. The number of nitrogens with one attached hydrogen (secondary N) is 2. The zero-order chi connectivity index (χ0) is 25.2. The number of imidazole rings is 1. The first-order chi connectivity index (χ1) is 17.4. The minimum Gasteiger partial charge on any atom is -0.491 e. The molecule has 1 atom stereocenters. The fourth-order valence-electron chi connectivity index (χ4n) is 3.94. The number of carbonyl (C=O) groups excluding carboxylic acids is 1. The summed E-state index contributed by atoms with van der Waals surface area (Å²) in [5.41, 5.74) is 3.05. The van der Waals surface area contributed by atoms with Crippen LogP contribution >= 0.6 is 0 Å². The first-order valence-electron chi connectivity index (χ1n) is 11.7. The van der Waals surface area contributed by atoms with Gasteiger partial charge in [0.1, 0.15) is 5.82 Å². The summed E-state index contributed by atoms with van der Waals surface area (Å²) in [6.07, 6.45) is 5.68. The molecule has 5 rings (SSSR count). The third-order valence-electron chi connectivity index (χ3n) is 6.04.